The maximum absolute atomic E-state index is 12.6. The second-order valence-electron chi connectivity index (χ2n) is 7.87. The molecule has 0 unspecified atom stereocenters. The maximum Gasteiger partial charge on any atom is 0.338 e. The third kappa shape index (κ3) is 6.01. The van der Waals surface area contributed by atoms with Gasteiger partial charge in [0.05, 0.1) is 17.4 Å². The van der Waals surface area contributed by atoms with Gasteiger partial charge in [0.1, 0.15) is 5.58 Å². The molecule has 4 rings (SSSR count). The van der Waals surface area contributed by atoms with E-state index in [1.165, 1.54) is 11.8 Å². The Morgan fingerprint density at radius 2 is 2.06 bits per heavy atom. The van der Waals surface area contributed by atoms with Gasteiger partial charge in [-0.1, -0.05) is 39.8 Å². The Morgan fingerprint density at radius 3 is 2.83 bits per heavy atom. The fourth-order valence-corrected chi connectivity index (χ4v) is 4.46. The van der Waals surface area contributed by atoms with Crippen LogP contribution in [0.4, 0.5) is 5.69 Å². The number of carbonyl (C=O) groups is 2. The number of carbonyl (C=O) groups excluding carboxylic acids is 2. The number of halogens is 1. The number of esters is 1. The first-order chi connectivity index (χ1) is 16.8. The Hall–Kier alpha value is -3.37. The number of rotatable bonds is 9. The van der Waals surface area contributed by atoms with Gasteiger partial charge in [-0.3, -0.25) is 9.36 Å². The van der Waals surface area contributed by atoms with Crippen LogP contribution in [0, 0.1) is 0 Å². The molecule has 2 aromatic carbocycles. The number of hydrogen-bond donors (Lipinski definition) is 1. The zero-order valence-corrected chi connectivity index (χ0v) is 21.6. The van der Waals surface area contributed by atoms with E-state index in [-0.39, 0.29) is 17.8 Å². The molecule has 0 atom stereocenters. The van der Waals surface area contributed by atoms with Gasteiger partial charge in [0.2, 0.25) is 11.7 Å². The summed E-state index contributed by atoms with van der Waals surface area (Å²) in [7, 11) is 0. The number of furan rings is 1. The maximum atomic E-state index is 12.6. The van der Waals surface area contributed by atoms with E-state index >= 15 is 0 Å². The third-order valence-electron chi connectivity index (χ3n) is 4.78. The van der Waals surface area contributed by atoms with Crippen LogP contribution < -0.4 is 5.32 Å². The lowest BCUT2D eigenvalue weighted by Crippen LogP contribution is -2.16. The van der Waals surface area contributed by atoms with E-state index in [0.29, 0.717) is 34.5 Å². The molecule has 0 radical (unpaired) electrons. The first-order valence-corrected chi connectivity index (χ1v) is 12.6. The highest BCUT2D eigenvalue weighted by molar-refractivity contribution is 9.10. The summed E-state index contributed by atoms with van der Waals surface area (Å²) in [6.45, 7) is 7.83. The summed E-state index contributed by atoms with van der Waals surface area (Å²) in [6, 6.07) is 14.3. The molecule has 0 aliphatic rings. The number of allylic oxidation sites excluding steroid dienone is 1. The van der Waals surface area contributed by atoms with Crippen LogP contribution in [-0.2, 0) is 16.1 Å². The topological polar surface area (TPSA) is 99.2 Å². The lowest BCUT2D eigenvalue weighted by Gasteiger charge is -2.10. The summed E-state index contributed by atoms with van der Waals surface area (Å²) in [6.07, 6.45) is 1.51. The predicted molar refractivity (Wildman–Crippen MR) is 139 cm³/mol. The van der Waals surface area contributed by atoms with Gasteiger partial charge in [-0.15, -0.1) is 16.8 Å². The summed E-state index contributed by atoms with van der Waals surface area (Å²) in [4.78, 5) is 24.7. The number of benzene rings is 2. The Bertz CT molecular complexity index is 1400. The number of nitrogens with one attached hydrogen (secondary N) is 1. The molecular formula is C25H23BrN4O4S. The fraction of sp³-hybridized carbons (Fsp3) is 0.200. The molecule has 10 heteroatoms. The van der Waals surface area contributed by atoms with Gasteiger partial charge in [0, 0.05) is 22.1 Å². The van der Waals surface area contributed by atoms with Crippen molar-refractivity contribution in [2.75, 3.05) is 11.1 Å². The summed E-state index contributed by atoms with van der Waals surface area (Å²) in [5.74, 6) is 0.551. The van der Waals surface area contributed by atoms with Crippen LogP contribution in [0.5, 0.6) is 0 Å². The second-order valence-corrected chi connectivity index (χ2v) is 9.73. The molecule has 0 bridgehead atoms. The lowest BCUT2D eigenvalue weighted by molar-refractivity contribution is -0.113. The van der Waals surface area contributed by atoms with E-state index in [2.05, 4.69) is 38.0 Å². The smallest absolute Gasteiger partial charge is 0.338 e. The number of thioether (sulfide) groups is 1. The van der Waals surface area contributed by atoms with E-state index in [1.54, 1.807) is 44.2 Å². The van der Waals surface area contributed by atoms with Crippen molar-refractivity contribution in [2.24, 2.45) is 0 Å². The number of hydrogen-bond acceptors (Lipinski definition) is 7. The average molecular weight is 555 g/mol. The van der Waals surface area contributed by atoms with Gasteiger partial charge in [-0.25, -0.2) is 4.79 Å². The summed E-state index contributed by atoms with van der Waals surface area (Å²) >= 11 is 4.71. The van der Waals surface area contributed by atoms with Crippen LogP contribution in [0.2, 0.25) is 0 Å². The highest BCUT2D eigenvalue weighted by Gasteiger charge is 2.19. The number of nitrogens with zero attached hydrogens (tertiary/aromatic N) is 3. The van der Waals surface area contributed by atoms with E-state index in [0.717, 1.165) is 15.4 Å². The van der Waals surface area contributed by atoms with Gasteiger partial charge in [0.15, 0.2) is 10.9 Å². The first kappa shape index (κ1) is 24.7. The largest absolute Gasteiger partial charge is 0.459 e. The molecule has 2 heterocycles. The predicted octanol–water partition coefficient (Wildman–Crippen LogP) is 5.94. The minimum absolute atomic E-state index is 0.100. The van der Waals surface area contributed by atoms with E-state index in [9.17, 15) is 9.59 Å². The summed E-state index contributed by atoms with van der Waals surface area (Å²) in [5.41, 5.74) is 1.62. The zero-order chi connectivity index (χ0) is 24.9. The fourth-order valence-electron chi connectivity index (χ4n) is 3.33. The molecule has 0 spiro atoms. The molecule has 35 heavy (non-hydrogen) atoms. The molecule has 8 nitrogen and oxygen atoms in total. The quantitative estimate of drug-likeness (QED) is 0.155. The molecule has 0 saturated carbocycles. The minimum atomic E-state index is -0.437. The Kier molecular flexibility index (Phi) is 7.72. The lowest BCUT2D eigenvalue weighted by atomic mass is 10.2. The molecular weight excluding hydrogens is 532 g/mol. The monoisotopic (exact) mass is 554 g/mol. The molecule has 0 aliphatic heterocycles. The molecule has 1 N–H and O–H groups in total. The number of amides is 1. The van der Waals surface area contributed by atoms with E-state index < -0.39 is 5.97 Å². The van der Waals surface area contributed by atoms with E-state index in [1.807, 2.05) is 28.8 Å². The number of aromatic nitrogens is 3. The second kappa shape index (κ2) is 10.9. The Balaban J connectivity index is 1.46. The number of anilines is 1. The van der Waals surface area contributed by atoms with Crippen LogP contribution in [-0.4, -0.2) is 38.5 Å². The first-order valence-electron chi connectivity index (χ1n) is 10.8. The van der Waals surface area contributed by atoms with Crippen LogP contribution >= 0.6 is 27.7 Å². The molecule has 2 aromatic heterocycles. The number of fused-ring (bicyclic) bond motifs is 1. The SMILES string of the molecule is C=CCn1c(SCC(=O)Nc2cccc(C(=O)OC(C)C)c2)nnc1-c1cc2cc(Br)ccc2o1. The highest BCUT2D eigenvalue weighted by Crippen LogP contribution is 2.31. The van der Waals surface area contributed by atoms with Crippen molar-refractivity contribution in [3.63, 3.8) is 0 Å². The van der Waals surface area contributed by atoms with Gasteiger partial charge in [-0.2, -0.15) is 0 Å². The van der Waals surface area contributed by atoms with Crippen LogP contribution in [0.25, 0.3) is 22.6 Å². The highest BCUT2D eigenvalue weighted by atomic mass is 79.9. The van der Waals surface area contributed by atoms with Crippen molar-refractivity contribution in [3.05, 3.63) is 71.2 Å². The molecule has 0 aliphatic carbocycles. The molecule has 180 valence electrons. The Labute approximate surface area is 214 Å². The molecule has 0 saturated heterocycles. The zero-order valence-electron chi connectivity index (χ0n) is 19.2. The van der Waals surface area contributed by atoms with Crippen LogP contribution in [0.15, 0.2) is 75.2 Å². The van der Waals surface area contributed by atoms with Gasteiger partial charge in [-0.05, 0) is 56.3 Å². The number of ether oxygens (including phenoxy) is 1. The van der Waals surface area contributed by atoms with Crippen molar-refractivity contribution in [3.8, 4) is 11.6 Å². The minimum Gasteiger partial charge on any atom is -0.459 e. The Morgan fingerprint density at radius 1 is 1.23 bits per heavy atom. The van der Waals surface area contributed by atoms with Gasteiger partial charge in [0.25, 0.3) is 0 Å². The standard InChI is InChI=1S/C25H23BrN4O4S/c1-4-10-30-23(21-13-17-11-18(26)8-9-20(17)34-21)28-29-25(30)35-14-22(31)27-19-7-5-6-16(12-19)24(32)33-15(2)3/h4-9,11-13,15H,1,10,14H2,2-3H3,(H,27,31). The summed E-state index contributed by atoms with van der Waals surface area (Å²) in [5, 5.41) is 12.9. The molecule has 1 amide bonds. The van der Waals surface area contributed by atoms with Gasteiger partial charge < -0.3 is 14.5 Å². The molecule has 4 aromatic rings. The normalized spacial score (nSPS) is 11.1. The van der Waals surface area contributed by atoms with Crippen LogP contribution in [0.3, 0.4) is 0 Å². The third-order valence-corrected chi connectivity index (χ3v) is 6.24. The van der Waals surface area contributed by atoms with Crippen molar-refractivity contribution in [1.29, 1.82) is 0 Å². The van der Waals surface area contributed by atoms with Crippen molar-refractivity contribution in [1.82, 2.24) is 14.8 Å². The van der Waals surface area contributed by atoms with Crippen molar-refractivity contribution < 1.29 is 18.7 Å². The summed E-state index contributed by atoms with van der Waals surface area (Å²) < 4.78 is 14.0. The van der Waals surface area contributed by atoms with Crippen molar-refractivity contribution >= 4 is 56.2 Å². The molecule has 0 fully saturated rings. The van der Waals surface area contributed by atoms with E-state index in [4.69, 9.17) is 9.15 Å². The van der Waals surface area contributed by atoms with Crippen LogP contribution in [0.1, 0.15) is 24.2 Å². The average Bonchev–Trinajstić information content (AvgIpc) is 3.41. The van der Waals surface area contributed by atoms with Crippen molar-refractivity contribution in [2.45, 2.75) is 31.7 Å². The van der Waals surface area contributed by atoms with Gasteiger partial charge >= 0.3 is 5.97 Å².